The summed E-state index contributed by atoms with van der Waals surface area (Å²) in [5.41, 5.74) is 21.0. The van der Waals surface area contributed by atoms with Gasteiger partial charge in [-0.1, -0.05) is 206 Å². The predicted octanol–water partition coefficient (Wildman–Crippen LogP) is 5.54. The van der Waals surface area contributed by atoms with Crippen molar-refractivity contribution in [3.8, 4) is 0 Å². The van der Waals surface area contributed by atoms with Crippen molar-refractivity contribution in [3.05, 3.63) is 144 Å². The van der Waals surface area contributed by atoms with Gasteiger partial charge in [-0.3, -0.25) is 0 Å². The molecule has 0 unspecified atom stereocenters. The number of para-hydroxylation sites is 3. The summed E-state index contributed by atoms with van der Waals surface area (Å²) >= 11 is 0. The van der Waals surface area contributed by atoms with Crippen LogP contribution in [0, 0.1) is 0 Å². The van der Waals surface area contributed by atoms with E-state index < -0.39 is 0 Å². The van der Waals surface area contributed by atoms with Crippen LogP contribution in [0.3, 0.4) is 0 Å². The van der Waals surface area contributed by atoms with E-state index in [4.69, 9.17) is 0 Å². The summed E-state index contributed by atoms with van der Waals surface area (Å²) < 4.78 is 0. The fourth-order valence-corrected chi connectivity index (χ4v) is 9.35. The summed E-state index contributed by atoms with van der Waals surface area (Å²) in [6.07, 6.45) is 0. The molecular weight excluding hydrogens is 623 g/mol. The van der Waals surface area contributed by atoms with Gasteiger partial charge >= 0.3 is 0 Å². The molecule has 0 aromatic heterocycles. The van der Waals surface area contributed by atoms with E-state index >= 15 is 0 Å². The Hall–Kier alpha value is -4.69. The van der Waals surface area contributed by atoms with Gasteiger partial charge in [-0.15, -0.1) is 0 Å². The maximum atomic E-state index is 2.68. The van der Waals surface area contributed by atoms with Crippen LogP contribution < -0.4 is 54.1 Å². The van der Waals surface area contributed by atoms with Crippen molar-refractivity contribution in [1.82, 2.24) is 0 Å². The highest BCUT2D eigenvalue weighted by atomic mass is 15.2. The van der Waals surface area contributed by atoms with E-state index in [1.807, 2.05) is 0 Å². The zero-order valence-corrected chi connectivity index (χ0v) is 32.3. The van der Waals surface area contributed by atoms with Crippen molar-refractivity contribution in [2.75, 3.05) is 4.90 Å². The normalized spacial score (nSPS) is 14.5. The Labute approximate surface area is 312 Å². The van der Waals surface area contributed by atoms with E-state index in [-0.39, 0.29) is 36.4 Å². The zero-order valence-electron chi connectivity index (χ0n) is 32.3. The zero-order chi connectivity index (χ0) is 36.3. The summed E-state index contributed by atoms with van der Waals surface area (Å²) in [4.78, 5) is 2.68. The van der Waals surface area contributed by atoms with Crippen molar-refractivity contribution in [2.45, 2.75) is 78.6 Å². The average molecular weight is 671 g/mol. The first-order chi connectivity index (χ1) is 24.7. The number of anilines is 3. The monoisotopic (exact) mass is 671 g/mol. The van der Waals surface area contributed by atoms with Gasteiger partial charge < -0.3 is 4.90 Å². The molecule has 4 heteroatoms. The second-order valence-corrected chi connectivity index (χ2v) is 18.6. The quantitative estimate of drug-likeness (QED) is 0.223. The molecule has 3 heterocycles. The first-order valence-electron chi connectivity index (χ1n) is 19.2. The van der Waals surface area contributed by atoms with Crippen LogP contribution in [0.1, 0.15) is 79.0 Å². The maximum absolute atomic E-state index is 2.68. The Bertz CT molecular complexity index is 2020. The van der Waals surface area contributed by atoms with E-state index in [1.54, 1.807) is 0 Å². The van der Waals surface area contributed by atoms with Gasteiger partial charge in [0.1, 0.15) is 0 Å². The Morgan fingerprint density at radius 3 is 0.712 bits per heavy atom. The van der Waals surface area contributed by atoms with Crippen LogP contribution in [-0.4, -0.2) is 20.1 Å². The largest absolute Gasteiger partial charge is 0.314 e. The van der Waals surface area contributed by atoms with E-state index in [9.17, 15) is 0 Å². The minimum Gasteiger partial charge on any atom is -0.314 e. The molecule has 9 rings (SSSR count). The first kappa shape index (κ1) is 33.2. The number of hydrogen-bond donors (Lipinski definition) is 0. The Morgan fingerprint density at radius 1 is 0.308 bits per heavy atom. The fraction of sp³-hybridized carbons (Fsp3) is 0.250. The molecule has 3 aliphatic rings. The SMILES string of the molecule is CC(C)(C)c1ccc(B2c3cccc4c3N3c5c2cccc5B(c2ccc(C(C)(C)C)cc2)c2cccc(c23)B4c2ccc(C(C)(C)C)cc2)cc1. The molecule has 0 atom stereocenters. The third kappa shape index (κ3) is 5.01. The highest BCUT2D eigenvalue weighted by molar-refractivity contribution is 7.06. The third-order valence-corrected chi connectivity index (χ3v) is 12.2. The van der Waals surface area contributed by atoms with Crippen molar-refractivity contribution < 1.29 is 0 Å². The smallest absolute Gasteiger partial charge is 0.246 e. The molecule has 1 nitrogen and oxygen atoms in total. The van der Waals surface area contributed by atoms with Crippen molar-refractivity contribution in [2.24, 2.45) is 0 Å². The first-order valence-corrected chi connectivity index (χ1v) is 19.2. The summed E-state index contributed by atoms with van der Waals surface area (Å²) in [5.74, 6) is 0. The lowest BCUT2D eigenvalue weighted by atomic mass is 9.26. The highest BCUT2D eigenvalue weighted by Gasteiger charge is 2.49. The second kappa shape index (κ2) is 11.4. The molecule has 0 radical (unpaired) electrons. The Kier molecular flexibility index (Phi) is 7.28. The molecule has 0 fully saturated rings. The van der Waals surface area contributed by atoms with Crippen molar-refractivity contribution in [3.63, 3.8) is 0 Å². The number of hydrogen-bond acceptors (Lipinski definition) is 1. The summed E-state index contributed by atoms with van der Waals surface area (Å²) in [6.45, 7) is 21.1. The lowest BCUT2D eigenvalue weighted by molar-refractivity contribution is 0.590. The van der Waals surface area contributed by atoms with Gasteiger partial charge in [0.2, 0.25) is 20.1 Å². The van der Waals surface area contributed by atoms with E-state index in [1.165, 1.54) is 82.9 Å². The number of rotatable bonds is 3. The van der Waals surface area contributed by atoms with Gasteiger partial charge in [0.25, 0.3) is 0 Å². The van der Waals surface area contributed by atoms with Crippen molar-refractivity contribution >= 4 is 86.4 Å². The molecule has 0 saturated carbocycles. The predicted molar refractivity (Wildman–Crippen MR) is 231 cm³/mol. The van der Waals surface area contributed by atoms with Gasteiger partial charge in [0.15, 0.2) is 0 Å². The van der Waals surface area contributed by atoms with Crippen LogP contribution in [0.5, 0.6) is 0 Å². The summed E-state index contributed by atoms with van der Waals surface area (Å²) in [7, 11) is 0. The molecular formula is C48H48B3N. The summed E-state index contributed by atoms with van der Waals surface area (Å²) in [6, 6.07) is 49.9. The molecule has 0 bridgehead atoms. The van der Waals surface area contributed by atoms with Crippen LogP contribution in [-0.2, 0) is 16.2 Å². The van der Waals surface area contributed by atoms with E-state index in [0.29, 0.717) is 0 Å². The molecule has 0 aliphatic carbocycles. The van der Waals surface area contributed by atoms with Gasteiger partial charge in [-0.05, 0) is 65.7 Å². The molecule has 0 N–H and O–H groups in total. The van der Waals surface area contributed by atoms with Gasteiger partial charge in [-0.25, -0.2) is 0 Å². The fourth-order valence-electron chi connectivity index (χ4n) is 9.35. The minimum atomic E-state index is 0.103. The van der Waals surface area contributed by atoms with Gasteiger partial charge in [-0.2, -0.15) is 0 Å². The molecule has 0 saturated heterocycles. The van der Waals surface area contributed by atoms with Crippen LogP contribution in [0.15, 0.2) is 127 Å². The minimum absolute atomic E-state index is 0.103. The van der Waals surface area contributed by atoms with Crippen LogP contribution in [0.2, 0.25) is 0 Å². The van der Waals surface area contributed by atoms with Gasteiger partial charge in [0, 0.05) is 17.1 Å². The molecule has 52 heavy (non-hydrogen) atoms. The maximum Gasteiger partial charge on any atom is 0.246 e. The Morgan fingerprint density at radius 2 is 0.519 bits per heavy atom. The third-order valence-electron chi connectivity index (χ3n) is 12.2. The molecule has 3 aliphatic heterocycles. The molecule has 6 aromatic rings. The standard InChI is InChI=1S/C48H48B3N/c1-46(2,3)31-19-25-34(26-20-31)49-37-13-10-15-39-43(37)52-44-38(49)14-11-16-40(44)51(36-29-23-33(24-30-36)48(7,8)9)42-18-12-17-41(45(42)52)50(39)35-27-21-32(22-28-35)47(4,5)6/h10-30H,1-9H3. The topological polar surface area (TPSA) is 3.24 Å². The highest BCUT2D eigenvalue weighted by Crippen LogP contribution is 2.38. The number of benzene rings is 6. The van der Waals surface area contributed by atoms with Crippen LogP contribution in [0.4, 0.5) is 17.1 Å². The molecule has 254 valence electrons. The Balaban J connectivity index is 1.33. The van der Waals surface area contributed by atoms with E-state index in [2.05, 4.69) is 195 Å². The van der Waals surface area contributed by atoms with Gasteiger partial charge in [0.05, 0.1) is 0 Å². The average Bonchev–Trinajstić information content (AvgIpc) is 3.11. The molecule has 0 spiro atoms. The lowest BCUT2D eigenvalue weighted by Gasteiger charge is -2.49. The molecule has 0 amide bonds. The second-order valence-electron chi connectivity index (χ2n) is 18.6. The van der Waals surface area contributed by atoms with Crippen LogP contribution in [0.25, 0.3) is 0 Å². The molecule has 6 aromatic carbocycles. The lowest BCUT2D eigenvalue weighted by Crippen LogP contribution is -2.71. The number of nitrogens with zero attached hydrogens (tertiary/aromatic N) is 1. The summed E-state index contributed by atoms with van der Waals surface area (Å²) in [5, 5.41) is 0. The van der Waals surface area contributed by atoms with Crippen LogP contribution >= 0.6 is 0 Å². The van der Waals surface area contributed by atoms with E-state index in [0.717, 1.165) is 0 Å². The van der Waals surface area contributed by atoms with Crippen molar-refractivity contribution in [1.29, 1.82) is 0 Å².